The fourth-order valence-electron chi connectivity index (χ4n) is 2.59. The van der Waals surface area contributed by atoms with E-state index in [1.807, 2.05) is 16.6 Å². The van der Waals surface area contributed by atoms with Crippen molar-refractivity contribution in [3.63, 3.8) is 0 Å². The molecule has 3 heterocycles. The molecule has 2 aromatic heterocycles. The van der Waals surface area contributed by atoms with Crippen molar-refractivity contribution >= 4 is 5.65 Å². The predicted octanol–water partition coefficient (Wildman–Crippen LogP) is 2.18. The first kappa shape index (κ1) is 11.5. The van der Waals surface area contributed by atoms with Gasteiger partial charge in [-0.05, 0) is 36.4 Å². The van der Waals surface area contributed by atoms with Gasteiger partial charge in [-0.3, -0.25) is 0 Å². The van der Waals surface area contributed by atoms with Gasteiger partial charge in [0.25, 0.3) is 0 Å². The normalized spacial score (nSPS) is 14.4. The molecule has 5 heteroatoms. The summed E-state index contributed by atoms with van der Waals surface area (Å²) in [4.78, 5) is 4.60. The molecule has 0 saturated carbocycles. The number of nitrogens with one attached hydrogen (secondary N) is 1. The minimum atomic E-state index is -0.237. The number of benzene rings is 1. The topological polar surface area (TPSA) is 42.2 Å². The van der Waals surface area contributed by atoms with Crippen molar-refractivity contribution < 1.29 is 4.39 Å². The van der Waals surface area contributed by atoms with Gasteiger partial charge in [-0.1, -0.05) is 0 Å². The molecule has 0 aliphatic carbocycles. The quantitative estimate of drug-likeness (QED) is 0.735. The molecule has 0 spiro atoms. The van der Waals surface area contributed by atoms with E-state index in [-0.39, 0.29) is 5.82 Å². The van der Waals surface area contributed by atoms with Crippen LogP contribution in [0.2, 0.25) is 0 Å². The van der Waals surface area contributed by atoms with E-state index in [1.54, 1.807) is 12.1 Å². The van der Waals surface area contributed by atoms with Crippen molar-refractivity contribution in [1.29, 1.82) is 0 Å². The molecule has 100 valence electrons. The Morgan fingerprint density at radius 2 is 1.95 bits per heavy atom. The van der Waals surface area contributed by atoms with Gasteiger partial charge in [-0.25, -0.2) is 13.9 Å². The van der Waals surface area contributed by atoms with Crippen molar-refractivity contribution in [3.8, 4) is 11.3 Å². The van der Waals surface area contributed by atoms with Gasteiger partial charge in [-0.2, -0.15) is 5.10 Å². The van der Waals surface area contributed by atoms with Gasteiger partial charge in [0.2, 0.25) is 0 Å². The number of rotatable bonds is 1. The number of hydrogen-bond acceptors (Lipinski definition) is 3. The summed E-state index contributed by atoms with van der Waals surface area (Å²) in [6, 6.07) is 10.3. The summed E-state index contributed by atoms with van der Waals surface area (Å²) >= 11 is 0. The molecule has 4 rings (SSSR count). The molecule has 0 unspecified atom stereocenters. The summed E-state index contributed by atoms with van der Waals surface area (Å²) in [7, 11) is 0. The fourth-order valence-corrected chi connectivity index (χ4v) is 2.59. The lowest BCUT2D eigenvalue weighted by Gasteiger charge is -2.11. The Bertz CT molecular complexity index is 776. The van der Waals surface area contributed by atoms with E-state index in [1.165, 1.54) is 12.1 Å². The van der Waals surface area contributed by atoms with E-state index in [9.17, 15) is 4.39 Å². The number of fused-ring (bicyclic) bond motifs is 3. The molecule has 0 fully saturated rings. The van der Waals surface area contributed by atoms with E-state index < -0.39 is 0 Å². The van der Waals surface area contributed by atoms with Crippen molar-refractivity contribution in [2.45, 2.75) is 13.0 Å². The zero-order valence-corrected chi connectivity index (χ0v) is 10.8. The molecular weight excluding hydrogens is 255 g/mol. The van der Waals surface area contributed by atoms with Crippen molar-refractivity contribution in [2.75, 3.05) is 6.54 Å². The van der Waals surface area contributed by atoms with Crippen LogP contribution in [0.4, 0.5) is 4.39 Å². The average molecular weight is 268 g/mol. The van der Waals surface area contributed by atoms with Crippen LogP contribution in [-0.4, -0.2) is 21.1 Å². The van der Waals surface area contributed by atoms with Gasteiger partial charge in [0, 0.05) is 25.1 Å². The molecule has 1 aliphatic heterocycles. The summed E-state index contributed by atoms with van der Waals surface area (Å²) in [5.41, 5.74) is 4.83. The Hall–Kier alpha value is -2.27. The standard InChI is InChI=1S/C15H13FN4/c16-11-3-1-10(2-4-11)12-5-6-15-18-13-7-8-17-9-14(13)20(15)19-12/h1-6,17H,7-9H2. The molecule has 0 bridgehead atoms. The van der Waals surface area contributed by atoms with Gasteiger partial charge < -0.3 is 5.32 Å². The van der Waals surface area contributed by atoms with Crippen molar-refractivity contribution in [1.82, 2.24) is 19.9 Å². The van der Waals surface area contributed by atoms with E-state index in [0.29, 0.717) is 0 Å². The molecule has 20 heavy (non-hydrogen) atoms. The van der Waals surface area contributed by atoms with Crippen LogP contribution in [0.3, 0.4) is 0 Å². The van der Waals surface area contributed by atoms with Crippen LogP contribution in [0.15, 0.2) is 36.4 Å². The second kappa shape index (κ2) is 4.38. The Balaban J connectivity index is 1.87. The van der Waals surface area contributed by atoms with Crippen LogP contribution in [-0.2, 0) is 13.0 Å². The lowest BCUT2D eigenvalue weighted by molar-refractivity contribution is 0.611. The highest BCUT2D eigenvalue weighted by atomic mass is 19.1. The first-order chi connectivity index (χ1) is 9.81. The second-order valence-corrected chi connectivity index (χ2v) is 4.93. The third-order valence-corrected chi connectivity index (χ3v) is 3.62. The summed E-state index contributed by atoms with van der Waals surface area (Å²) in [6.07, 6.45) is 0.935. The van der Waals surface area contributed by atoms with Crippen LogP contribution in [0.5, 0.6) is 0 Å². The van der Waals surface area contributed by atoms with Gasteiger partial charge in [-0.15, -0.1) is 0 Å². The first-order valence-electron chi connectivity index (χ1n) is 6.65. The number of aromatic nitrogens is 3. The smallest absolute Gasteiger partial charge is 0.154 e. The molecule has 0 amide bonds. The van der Waals surface area contributed by atoms with Crippen LogP contribution >= 0.6 is 0 Å². The maximum Gasteiger partial charge on any atom is 0.154 e. The monoisotopic (exact) mass is 268 g/mol. The molecule has 4 nitrogen and oxygen atoms in total. The van der Waals surface area contributed by atoms with Gasteiger partial charge >= 0.3 is 0 Å². The van der Waals surface area contributed by atoms with E-state index in [2.05, 4.69) is 15.4 Å². The minimum absolute atomic E-state index is 0.237. The third-order valence-electron chi connectivity index (χ3n) is 3.62. The van der Waals surface area contributed by atoms with Gasteiger partial charge in [0.05, 0.1) is 17.1 Å². The van der Waals surface area contributed by atoms with Crippen LogP contribution in [0.1, 0.15) is 11.4 Å². The van der Waals surface area contributed by atoms with E-state index >= 15 is 0 Å². The number of halogens is 1. The second-order valence-electron chi connectivity index (χ2n) is 4.93. The van der Waals surface area contributed by atoms with Gasteiger partial charge in [0.15, 0.2) is 5.65 Å². The largest absolute Gasteiger partial charge is 0.311 e. The highest BCUT2D eigenvalue weighted by Crippen LogP contribution is 2.20. The zero-order chi connectivity index (χ0) is 13.5. The molecular formula is C15H13FN4. The molecule has 1 N–H and O–H groups in total. The highest BCUT2D eigenvalue weighted by molar-refractivity contribution is 5.60. The molecule has 0 atom stereocenters. The Labute approximate surface area is 115 Å². The maximum atomic E-state index is 13.0. The lowest BCUT2D eigenvalue weighted by Crippen LogP contribution is -2.24. The Morgan fingerprint density at radius 1 is 1.10 bits per heavy atom. The SMILES string of the molecule is Fc1ccc(-c2ccc3nc4c(n3n2)CNCC4)cc1. The summed E-state index contributed by atoms with van der Waals surface area (Å²) in [5.74, 6) is -0.237. The average Bonchev–Trinajstić information content (AvgIpc) is 2.86. The van der Waals surface area contributed by atoms with E-state index in [0.717, 1.165) is 47.8 Å². The lowest BCUT2D eigenvalue weighted by atomic mass is 10.1. The molecule has 3 aromatic rings. The Kier molecular flexibility index (Phi) is 2.53. The first-order valence-corrected chi connectivity index (χ1v) is 6.65. The zero-order valence-electron chi connectivity index (χ0n) is 10.8. The van der Waals surface area contributed by atoms with Crippen LogP contribution in [0.25, 0.3) is 16.9 Å². The summed E-state index contributed by atoms with van der Waals surface area (Å²) in [5, 5.41) is 7.98. The molecule has 1 aliphatic rings. The molecule has 0 saturated heterocycles. The molecule has 0 radical (unpaired) electrons. The van der Waals surface area contributed by atoms with Crippen molar-refractivity contribution in [3.05, 3.63) is 53.6 Å². The molecule has 1 aromatic carbocycles. The Morgan fingerprint density at radius 3 is 2.80 bits per heavy atom. The van der Waals surface area contributed by atoms with E-state index in [4.69, 9.17) is 0 Å². The van der Waals surface area contributed by atoms with Gasteiger partial charge in [0.1, 0.15) is 5.82 Å². The predicted molar refractivity (Wildman–Crippen MR) is 73.8 cm³/mol. The number of imidazole rings is 1. The number of nitrogens with zero attached hydrogens (tertiary/aromatic N) is 3. The number of hydrogen-bond donors (Lipinski definition) is 1. The van der Waals surface area contributed by atoms with Crippen molar-refractivity contribution in [2.24, 2.45) is 0 Å². The summed E-state index contributed by atoms with van der Waals surface area (Å²) < 4.78 is 14.9. The maximum absolute atomic E-state index is 13.0. The highest BCUT2D eigenvalue weighted by Gasteiger charge is 2.16. The fraction of sp³-hybridized carbons (Fsp3) is 0.200. The third kappa shape index (κ3) is 1.78. The van der Waals surface area contributed by atoms with Crippen LogP contribution in [0, 0.1) is 5.82 Å². The minimum Gasteiger partial charge on any atom is -0.311 e. The summed E-state index contributed by atoms with van der Waals surface area (Å²) in [6.45, 7) is 1.75. The van der Waals surface area contributed by atoms with Crippen LogP contribution < -0.4 is 5.32 Å².